The first-order chi connectivity index (χ1) is 25.1. The van der Waals surface area contributed by atoms with Crippen molar-refractivity contribution in [3.05, 3.63) is 35.4 Å². The van der Waals surface area contributed by atoms with Crippen LogP contribution in [0.25, 0.3) is 0 Å². The van der Waals surface area contributed by atoms with Crippen LogP contribution in [-0.2, 0) is 16.0 Å². The number of aldehydes is 1. The molecule has 1 unspecified atom stereocenters. The van der Waals surface area contributed by atoms with Gasteiger partial charge in [0.25, 0.3) is 0 Å². The average Bonchev–Trinajstić information content (AvgIpc) is 3.14. The molecule has 2 N–H and O–H groups in total. The Bertz CT molecular complexity index is 901. The number of rotatable bonds is 32. The van der Waals surface area contributed by atoms with Crippen LogP contribution in [0.2, 0.25) is 0 Å². The second kappa shape index (κ2) is 44.0. The van der Waals surface area contributed by atoms with E-state index in [1.54, 1.807) is 0 Å². The van der Waals surface area contributed by atoms with Gasteiger partial charge in [0.2, 0.25) is 5.91 Å². The predicted octanol–water partition coefficient (Wildman–Crippen LogP) is 13.5. The molecule has 1 rings (SSSR count). The Morgan fingerprint density at radius 1 is 0.627 bits per heavy atom. The molecule has 0 heterocycles. The number of hydrogen-bond acceptors (Lipinski definition) is 3. The van der Waals surface area contributed by atoms with E-state index < -0.39 is 0 Å². The third kappa shape index (κ3) is 40.5. The third-order valence-electron chi connectivity index (χ3n) is 9.33. The zero-order chi connectivity index (χ0) is 37.9. The molecule has 0 aliphatic heterocycles. The lowest BCUT2D eigenvalue weighted by molar-refractivity contribution is -0.121. The Morgan fingerprint density at radius 3 is 1.41 bits per heavy atom. The molecule has 1 atom stereocenters. The fourth-order valence-corrected chi connectivity index (χ4v) is 6.26. The van der Waals surface area contributed by atoms with Gasteiger partial charge in [-0.2, -0.15) is 0 Å². The van der Waals surface area contributed by atoms with Crippen molar-refractivity contribution in [1.29, 1.82) is 0 Å². The van der Waals surface area contributed by atoms with Gasteiger partial charge in [0, 0.05) is 24.4 Å². The maximum absolute atomic E-state index is 12.2. The molecule has 4 heteroatoms. The van der Waals surface area contributed by atoms with Crippen LogP contribution in [0.5, 0.6) is 0 Å². The Hall–Kier alpha value is -2.12. The lowest BCUT2D eigenvalue weighted by Gasteiger charge is -2.14. The number of unbranched alkanes of at least 4 members (excludes halogenated alkanes) is 25. The number of amides is 1. The van der Waals surface area contributed by atoms with E-state index in [0.717, 1.165) is 37.5 Å². The quantitative estimate of drug-likeness (QED) is 0.0444. The van der Waals surface area contributed by atoms with Crippen LogP contribution in [0.1, 0.15) is 226 Å². The van der Waals surface area contributed by atoms with Gasteiger partial charge in [0.05, 0.1) is 6.54 Å². The summed E-state index contributed by atoms with van der Waals surface area (Å²) < 4.78 is 0. The molecule has 51 heavy (non-hydrogen) atoms. The molecule has 1 aromatic rings. The van der Waals surface area contributed by atoms with Gasteiger partial charge in [-0.05, 0) is 50.9 Å². The summed E-state index contributed by atoms with van der Waals surface area (Å²) in [6.07, 6.45) is 38.5. The zero-order valence-electron chi connectivity index (χ0n) is 35.0. The summed E-state index contributed by atoms with van der Waals surface area (Å²) in [5.41, 5.74) is 2.26. The van der Waals surface area contributed by atoms with Gasteiger partial charge in [-0.1, -0.05) is 206 Å². The zero-order valence-corrected chi connectivity index (χ0v) is 35.0. The topological polar surface area (TPSA) is 58.2 Å². The van der Waals surface area contributed by atoms with Crippen LogP contribution in [0.15, 0.2) is 24.3 Å². The first-order valence-corrected chi connectivity index (χ1v) is 22.0. The minimum atomic E-state index is 0.158. The maximum atomic E-state index is 12.2. The average molecular weight is 711 g/mol. The SMILES string of the molecule is CC.CCCCCCCCCCCCCCCC(=O)NC(C)Cc1ccc(C#CCNC)cc1.CCCCCCCCCCCCCCCC=O. The summed E-state index contributed by atoms with van der Waals surface area (Å²) in [7, 11) is 1.90. The molecule has 296 valence electrons. The number of benzene rings is 1. The van der Waals surface area contributed by atoms with Gasteiger partial charge < -0.3 is 15.4 Å². The van der Waals surface area contributed by atoms with Crippen molar-refractivity contribution in [2.24, 2.45) is 0 Å². The fraction of sp³-hybridized carbons (Fsp3) is 0.787. The molecule has 0 radical (unpaired) electrons. The van der Waals surface area contributed by atoms with Crippen LogP contribution in [0, 0.1) is 11.8 Å². The third-order valence-corrected chi connectivity index (χ3v) is 9.33. The summed E-state index contributed by atoms with van der Waals surface area (Å²) in [4.78, 5) is 22.3. The van der Waals surface area contributed by atoms with Gasteiger partial charge in [0.1, 0.15) is 6.29 Å². The normalized spacial score (nSPS) is 10.9. The van der Waals surface area contributed by atoms with Crippen molar-refractivity contribution in [2.75, 3.05) is 13.6 Å². The minimum Gasteiger partial charge on any atom is -0.353 e. The first kappa shape index (κ1) is 51.0. The van der Waals surface area contributed by atoms with E-state index in [0.29, 0.717) is 13.0 Å². The highest BCUT2D eigenvalue weighted by Crippen LogP contribution is 2.14. The van der Waals surface area contributed by atoms with Crippen molar-refractivity contribution >= 4 is 12.2 Å². The molecule has 1 aromatic carbocycles. The van der Waals surface area contributed by atoms with Gasteiger partial charge in [-0.3, -0.25) is 4.79 Å². The second-order valence-corrected chi connectivity index (χ2v) is 14.4. The van der Waals surface area contributed by atoms with Crippen molar-refractivity contribution in [3.63, 3.8) is 0 Å². The van der Waals surface area contributed by atoms with E-state index >= 15 is 0 Å². The van der Waals surface area contributed by atoms with E-state index in [1.807, 2.05) is 20.9 Å². The van der Waals surface area contributed by atoms with Crippen molar-refractivity contribution in [2.45, 2.75) is 227 Å². The molecular weight excluding hydrogens is 625 g/mol. The van der Waals surface area contributed by atoms with Crippen molar-refractivity contribution in [3.8, 4) is 11.8 Å². The molecule has 0 saturated heterocycles. The summed E-state index contributed by atoms with van der Waals surface area (Å²) in [5, 5.41) is 6.17. The van der Waals surface area contributed by atoms with Crippen molar-refractivity contribution < 1.29 is 9.59 Å². The lowest BCUT2D eigenvalue weighted by Crippen LogP contribution is -2.33. The van der Waals surface area contributed by atoms with E-state index in [9.17, 15) is 9.59 Å². The van der Waals surface area contributed by atoms with Crippen molar-refractivity contribution in [1.82, 2.24) is 10.6 Å². The molecule has 0 aliphatic rings. The monoisotopic (exact) mass is 711 g/mol. The Balaban J connectivity index is 0. The number of carbonyl (C=O) groups excluding carboxylic acids is 2. The first-order valence-electron chi connectivity index (χ1n) is 22.0. The fourth-order valence-electron chi connectivity index (χ4n) is 6.26. The second-order valence-electron chi connectivity index (χ2n) is 14.4. The summed E-state index contributed by atoms with van der Waals surface area (Å²) in [5.74, 6) is 6.40. The van der Waals surface area contributed by atoms with E-state index in [1.165, 1.54) is 160 Å². The largest absolute Gasteiger partial charge is 0.353 e. The predicted molar refractivity (Wildman–Crippen MR) is 227 cm³/mol. The van der Waals surface area contributed by atoms with Gasteiger partial charge in [0.15, 0.2) is 0 Å². The van der Waals surface area contributed by atoms with Crippen LogP contribution in [0.4, 0.5) is 0 Å². The Morgan fingerprint density at radius 2 is 1.02 bits per heavy atom. The molecule has 0 aromatic heterocycles. The summed E-state index contributed by atoms with van der Waals surface area (Å²) in [6.45, 7) is 11.3. The van der Waals surface area contributed by atoms with Gasteiger partial charge in [-0.25, -0.2) is 0 Å². The molecule has 1 amide bonds. The highest BCUT2D eigenvalue weighted by molar-refractivity contribution is 5.76. The maximum Gasteiger partial charge on any atom is 0.220 e. The van der Waals surface area contributed by atoms with Gasteiger partial charge >= 0.3 is 0 Å². The molecule has 4 nitrogen and oxygen atoms in total. The van der Waals surface area contributed by atoms with Gasteiger partial charge in [-0.15, -0.1) is 0 Å². The number of hydrogen-bond donors (Lipinski definition) is 2. The summed E-state index contributed by atoms with van der Waals surface area (Å²) in [6, 6.07) is 8.49. The highest BCUT2D eigenvalue weighted by atomic mass is 16.1. The van der Waals surface area contributed by atoms with Crippen LogP contribution in [-0.4, -0.2) is 31.8 Å². The number of nitrogens with one attached hydrogen (secondary N) is 2. The van der Waals surface area contributed by atoms with Crippen LogP contribution < -0.4 is 10.6 Å². The van der Waals surface area contributed by atoms with E-state index in [4.69, 9.17) is 0 Å². The highest BCUT2D eigenvalue weighted by Gasteiger charge is 2.08. The van der Waals surface area contributed by atoms with E-state index in [-0.39, 0.29) is 11.9 Å². The Labute approximate surface area is 319 Å². The summed E-state index contributed by atoms with van der Waals surface area (Å²) >= 11 is 0. The minimum absolute atomic E-state index is 0.158. The van der Waals surface area contributed by atoms with Crippen LogP contribution >= 0.6 is 0 Å². The molecule has 0 bridgehead atoms. The van der Waals surface area contributed by atoms with Crippen LogP contribution in [0.3, 0.4) is 0 Å². The smallest absolute Gasteiger partial charge is 0.220 e. The van der Waals surface area contributed by atoms with E-state index in [2.05, 4.69) is 67.5 Å². The lowest BCUT2D eigenvalue weighted by atomic mass is 10.0. The molecule has 0 aliphatic carbocycles. The Kier molecular flexibility index (Phi) is 44.0. The standard InChI is InChI=1S/C29H48N2O.C16H32O.C2H6/c1-4-5-6-7-8-9-10-11-12-13-14-15-16-19-29(32)31-26(2)25-28-22-20-27(21-23-28)18-17-24-30-3;1-2-3-4-5-6-7-8-9-10-11-12-13-14-15-16-17;1-2/h20-23,26,30H,4-16,19,24-25H2,1-3H3,(H,31,32);16H,2-15H2,1H3;1-2H3. The molecule has 0 fully saturated rings. The molecular formula is C47H86N2O2. The molecule has 0 spiro atoms. The molecule has 0 saturated carbocycles. The number of carbonyl (C=O) groups is 2.